The number of aryl methyl sites for hydroxylation is 8. The Morgan fingerprint density at radius 3 is 1.22 bits per heavy atom. The molecular weight excluding hydrogens is 729 g/mol. The van der Waals surface area contributed by atoms with Gasteiger partial charge in [0.2, 0.25) is 0 Å². The van der Waals surface area contributed by atoms with E-state index in [1.165, 1.54) is 44.2 Å². The van der Waals surface area contributed by atoms with Gasteiger partial charge in [0, 0.05) is 35.2 Å². The van der Waals surface area contributed by atoms with Crippen molar-refractivity contribution in [2.75, 3.05) is 0 Å². The maximum absolute atomic E-state index is 6.45. The van der Waals surface area contributed by atoms with Crippen molar-refractivity contribution >= 4 is 33.4 Å². The van der Waals surface area contributed by atoms with Gasteiger partial charge in [-0.1, -0.05) is 64.8 Å². The number of aromatic nitrogens is 8. The second-order valence-corrected chi connectivity index (χ2v) is 17.1. The lowest BCUT2D eigenvalue weighted by Crippen LogP contribution is -2.10. The molecule has 0 saturated heterocycles. The first-order valence-corrected chi connectivity index (χ1v) is 21.9. The Bertz CT molecular complexity index is 2620. The molecule has 0 saturated carbocycles. The van der Waals surface area contributed by atoms with Gasteiger partial charge in [-0.05, 0) is 138 Å². The Balaban J connectivity index is 1.06. The Morgan fingerprint density at radius 2 is 0.881 bits per heavy atom. The number of rotatable bonds is 14. The van der Waals surface area contributed by atoms with Gasteiger partial charge in [-0.2, -0.15) is 19.2 Å². The fourth-order valence-corrected chi connectivity index (χ4v) is 10.1. The summed E-state index contributed by atoms with van der Waals surface area (Å²) in [5.74, 6) is 0. The molecule has 0 amide bonds. The summed E-state index contributed by atoms with van der Waals surface area (Å²) >= 11 is 0. The van der Waals surface area contributed by atoms with Gasteiger partial charge in [0.05, 0.1) is 47.1 Å². The van der Waals surface area contributed by atoms with Crippen LogP contribution in [0.15, 0.2) is 48.8 Å². The highest BCUT2D eigenvalue weighted by Gasteiger charge is 2.25. The van der Waals surface area contributed by atoms with Crippen LogP contribution in [-0.4, -0.2) is 38.3 Å². The molecule has 0 fully saturated rings. The summed E-state index contributed by atoms with van der Waals surface area (Å²) in [6, 6.07) is 14.4. The second kappa shape index (κ2) is 16.1. The lowest BCUT2D eigenvalue weighted by Gasteiger charge is -2.18. The molecule has 0 N–H and O–H groups in total. The minimum Gasteiger partial charge on any atom is -0.372 e. The van der Waals surface area contributed by atoms with Crippen LogP contribution in [0.4, 0.5) is 0 Å². The van der Waals surface area contributed by atoms with Crippen molar-refractivity contribution in [3.05, 3.63) is 105 Å². The molecule has 2 unspecified atom stereocenters. The van der Waals surface area contributed by atoms with E-state index in [2.05, 4.69) is 150 Å². The molecule has 8 rings (SSSR count). The van der Waals surface area contributed by atoms with Crippen molar-refractivity contribution in [3.63, 3.8) is 0 Å². The van der Waals surface area contributed by atoms with Crippen LogP contribution < -0.4 is 0 Å². The van der Waals surface area contributed by atoms with Crippen LogP contribution >= 0.6 is 0 Å². The molecule has 9 heteroatoms. The minimum atomic E-state index is 0.432. The van der Waals surface area contributed by atoms with Crippen LogP contribution in [0.1, 0.15) is 134 Å². The summed E-state index contributed by atoms with van der Waals surface area (Å²) in [5.41, 5.74) is 20.0. The van der Waals surface area contributed by atoms with Crippen LogP contribution in [0.5, 0.6) is 0 Å². The summed E-state index contributed by atoms with van der Waals surface area (Å²) < 4.78 is 15.5. The van der Waals surface area contributed by atoms with Crippen molar-refractivity contribution in [3.8, 4) is 22.3 Å². The molecule has 6 heterocycles. The average Bonchev–Trinajstić information content (AvgIpc) is 3.97. The maximum atomic E-state index is 6.45. The van der Waals surface area contributed by atoms with Gasteiger partial charge >= 0.3 is 0 Å². The van der Waals surface area contributed by atoms with E-state index in [4.69, 9.17) is 24.9 Å². The van der Waals surface area contributed by atoms with Crippen molar-refractivity contribution in [2.24, 2.45) is 0 Å². The zero-order valence-electron chi connectivity index (χ0n) is 37.4. The van der Waals surface area contributed by atoms with E-state index in [1.807, 2.05) is 0 Å². The van der Waals surface area contributed by atoms with Crippen LogP contribution in [0.2, 0.25) is 0 Å². The van der Waals surface area contributed by atoms with E-state index >= 15 is 0 Å². The first kappa shape index (κ1) is 40.5. The lowest BCUT2D eigenvalue weighted by molar-refractivity contribution is 0.107. The summed E-state index contributed by atoms with van der Waals surface area (Å²) in [6.45, 7) is 27.5. The monoisotopic (exact) mass is 791 g/mol. The van der Waals surface area contributed by atoms with Crippen LogP contribution in [-0.2, 0) is 18.0 Å². The largest absolute Gasteiger partial charge is 0.372 e. The maximum Gasteiger partial charge on any atom is 0.165 e. The standard InChI is InChI=1S/C50H62N8O/c1-13-17-39(15-3)55-21-19-41-33(9)51-47-45(35(11)53-57(47)49(41)55)43-29(5)23-37(24-30(43)6)27-59-28-38-25-31(7)44(32(8)26-38)46-36(12)54-58-48(46)52-34(10)42-20-22-56(50(42)58)40(16-4)18-14-2/h19-26,39-40H,13-18,27-28H2,1-12H3. The van der Waals surface area contributed by atoms with Crippen LogP contribution in [0, 0.1) is 55.4 Å². The molecule has 2 atom stereocenters. The Labute approximate surface area is 349 Å². The van der Waals surface area contributed by atoms with Gasteiger partial charge < -0.3 is 13.9 Å². The van der Waals surface area contributed by atoms with Gasteiger partial charge in [0.1, 0.15) is 11.3 Å². The van der Waals surface area contributed by atoms with Gasteiger partial charge in [-0.3, -0.25) is 0 Å². The van der Waals surface area contributed by atoms with Gasteiger partial charge in [-0.15, -0.1) is 0 Å². The van der Waals surface area contributed by atoms with E-state index in [1.54, 1.807) is 0 Å². The molecule has 2 aromatic carbocycles. The predicted molar refractivity (Wildman–Crippen MR) is 243 cm³/mol. The van der Waals surface area contributed by atoms with E-state index in [9.17, 15) is 0 Å². The number of ether oxygens (including phenoxy) is 1. The SMILES string of the molecule is CCCC(CC)n1ccc2c(C)nc3c(-c4c(C)cc(COCc5cc(C)c(-c6c(C)nn7c6nc(C)c6ccn(C(CC)CCC)c67)c(C)c5)cc4C)c(C)nn3c21. The highest BCUT2D eigenvalue weighted by Crippen LogP contribution is 2.39. The molecule has 0 aliphatic rings. The molecule has 0 spiro atoms. The summed E-state index contributed by atoms with van der Waals surface area (Å²) in [6.07, 6.45) is 11.2. The molecule has 0 bridgehead atoms. The third kappa shape index (κ3) is 6.85. The fourth-order valence-electron chi connectivity index (χ4n) is 10.1. The number of nitrogens with zero attached hydrogens (tertiary/aromatic N) is 8. The predicted octanol–water partition coefficient (Wildman–Crippen LogP) is 12.7. The average molecular weight is 791 g/mol. The number of hydrogen-bond acceptors (Lipinski definition) is 5. The Kier molecular flexibility index (Phi) is 11.0. The molecule has 0 radical (unpaired) electrons. The number of fused-ring (bicyclic) bond motifs is 6. The highest BCUT2D eigenvalue weighted by molar-refractivity contribution is 5.91. The summed E-state index contributed by atoms with van der Waals surface area (Å²) in [5, 5.41) is 12.6. The highest BCUT2D eigenvalue weighted by atomic mass is 16.5. The third-order valence-corrected chi connectivity index (χ3v) is 12.8. The Morgan fingerprint density at radius 1 is 0.508 bits per heavy atom. The molecule has 6 aromatic heterocycles. The zero-order valence-corrected chi connectivity index (χ0v) is 37.4. The fraction of sp³-hybridized carbons (Fsp3) is 0.440. The van der Waals surface area contributed by atoms with Crippen molar-refractivity contribution in [1.29, 1.82) is 0 Å². The minimum absolute atomic E-state index is 0.432. The molecule has 0 aliphatic carbocycles. The smallest absolute Gasteiger partial charge is 0.165 e. The van der Waals surface area contributed by atoms with Crippen LogP contribution in [0.3, 0.4) is 0 Å². The van der Waals surface area contributed by atoms with Crippen molar-refractivity contribution < 1.29 is 4.74 Å². The molecule has 9 nitrogen and oxygen atoms in total. The summed E-state index contributed by atoms with van der Waals surface area (Å²) in [4.78, 5) is 10.4. The lowest BCUT2D eigenvalue weighted by atomic mass is 9.93. The number of hydrogen-bond donors (Lipinski definition) is 0. The van der Waals surface area contributed by atoms with Gasteiger partial charge in [0.25, 0.3) is 0 Å². The van der Waals surface area contributed by atoms with E-state index in [-0.39, 0.29) is 0 Å². The molecule has 308 valence electrons. The topological polar surface area (TPSA) is 79.5 Å². The number of benzene rings is 2. The van der Waals surface area contributed by atoms with Gasteiger partial charge in [0.15, 0.2) is 11.3 Å². The quantitative estimate of drug-likeness (QED) is 0.110. The van der Waals surface area contributed by atoms with E-state index in [0.29, 0.717) is 25.3 Å². The Hall–Kier alpha value is -5.28. The molecule has 59 heavy (non-hydrogen) atoms. The van der Waals surface area contributed by atoms with Crippen molar-refractivity contribution in [2.45, 2.75) is 147 Å². The molecule has 8 aromatic rings. The van der Waals surface area contributed by atoms with E-state index < -0.39 is 0 Å². The third-order valence-electron chi connectivity index (χ3n) is 12.8. The first-order valence-electron chi connectivity index (χ1n) is 21.9. The molecular formula is C50H62N8O. The normalized spacial score (nSPS) is 13.2. The van der Waals surface area contributed by atoms with E-state index in [0.717, 1.165) is 106 Å². The first-order chi connectivity index (χ1) is 28.4. The van der Waals surface area contributed by atoms with Crippen molar-refractivity contribution in [1.82, 2.24) is 38.3 Å². The van der Waals surface area contributed by atoms with Gasteiger partial charge in [-0.25, -0.2) is 9.97 Å². The summed E-state index contributed by atoms with van der Waals surface area (Å²) in [7, 11) is 0. The second-order valence-electron chi connectivity index (χ2n) is 17.1. The van der Waals surface area contributed by atoms with Crippen LogP contribution in [0.25, 0.3) is 55.6 Å². The zero-order chi connectivity index (χ0) is 41.9. The molecule has 0 aliphatic heterocycles.